The van der Waals surface area contributed by atoms with Gasteiger partial charge in [-0.3, -0.25) is 4.99 Å². The zero-order valence-electron chi connectivity index (χ0n) is 16.6. The molecule has 0 aromatic heterocycles. The Hall–Kier alpha value is -2.49. The number of guanidine groups is 1. The summed E-state index contributed by atoms with van der Waals surface area (Å²) in [4.78, 5) is 4.36. The van der Waals surface area contributed by atoms with E-state index in [0.717, 1.165) is 11.1 Å². The second-order valence-electron chi connectivity index (χ2n) is 6.27. The van der Waals surface area contributed by atoms with E-state index in [-0.39, 0.29) is 17.3 Å². The molecule has 0 aliphatic carbocycles. The van der Waals surface area contributed by atoms with E-state index in [1.165, 1.54) is 19.2 Å². The van der Waals surface area contributed by atoms with Crippen LogP contribution in [0.3, 0.4) is 0 Å². The van der Waals surface area contributed by atoms with Crippen LogP contribution in [0, 0.1) is 5.82 Å². The number of aliphatic imine (C=N–C) groups is 1. The third kappa shape index (κ3) is 7.80. The standard InChI is InChI=1S/C20H27FN4O3S/c1-22-20(23-11-10-16-4-3-5-18(21)14-16)24-15-17-6-8-19(9-7-17)29(26,27)25-12-13-28-2/h3-9,14,25H,10-13,15H2,1-2H3,(H2,22,23,24). The summed E-state index contributed by atoms with van der Waals surface area (Å²) in [7, 11) is -0.360. The molecule has 0 spiro atoms. The Morgan fingerprint density at radius 1 is 1.07 bits per heavy atom. The number of halogens is 1. The van der Waals surface area contributed by atoms with Crippen LogP contribution in [0.1, 0.15) is 11.1 Å². The van der Waals surface area contributed by atoms with Gasteiger partial charge in [-0.25, -0.2) is 17.5 Å². The molecule has 158 valence electrons. The number of hydrogen-bond donors (Lipinski definition) is 3. The molecule has 2 aromatic rings. The highest BCUT2D eigenvalue weighted by Gasteiger charge is 2.12. The largest absolute Gasteiger partial charge is 0.383 e. The molecule has 0 unspecified atom stereocenters. The van der Waals surface area contributed by atoms with Crippen molar-refractivity contribution in [3.8, 4) is 0 Å². The molecule has 2 rings (SSSR count). The van der Waals surface area contributed by atoms with Crippen LogP contribution in [0.25, 0.3) is 0 Å². The van der Waals surface area contributed by atoms with E-state index >= 15 is 0 Å². The Bertz CT molecular complexity index is 902. The maximum absolute atomic E-state index is 13.2. The molecule has 0 saturated heterocycles. The van der Waals surface area contributed by atoms with Crippen LogP contribution in [0.2, 0.25) is 0 Å². The second-order valence-corrected chi connectivity index (χ2v) is 8.03. The molecule has 0 fully saturated rings. The third-order valence-corrected chi connectivity index (χ3v) is 5.59. The molecule has 3 N–H and O–H groups in total. The topological polar surface area (TPSA) is 91.8 Å². The Morgan fingerprint density at radius 2 is 1.83 bits per heavy atom. The van der Waals surface area contributed by atoms with Gasteiger partial charge < -0.3 is 15.4 Å². The number of benzene rings is 2. The molecule has 2 aromatic carbocycles. The quantitative estimate of drug-likeness (QED) is 0.308. The smallest absolute Gasteiger partial charge is 0.240 e. The minimum absolute atomic E-state index is 0.204. The molecule has 0 aliphatic rings. The van der Waals surface area contributed by atoms with Gasteiger partial charge in [-0.2, -0.15) is 0 Å². The van der Waals surface area contributed by atoms with Gasteiger partial charge in [0.15, 0.2) is 5.96 Å². The van der Waals surface area contributed by atoms with Crippen LogP contribution in [-0.2, 0) is 27.7 Å². The zero-order chi connectivity index (χ0) is 21.1. The first-order valence-electron chi connectivity index (χ1n) is 9.21. The molecular weight excluding hydrogens is 395 g/mol. The van der Waals surface area contributed by atoms with Gasteiger partial charge >= 0.3 is 0 Å². The lowest BCUT2D eigenvalue weighted by atomic mass is 10.1. The highest BCUT2D eigenvalue weighted by atomic mass is 32.2. The van der Waals surface area contributed by atoms with Crippen LogP contribution in [0.15, 0.2) is 58.4 Å². The van der Waals surface area contributed by atoms with Crippen molar-refractivity contribution >= 4 is 16.0 Å². The molecule has 0 amide bonds. The van der Waals surface area contributed by atoms with Crippen LogP contribution in [-0.4, -0.2) is 48.2 Å². The van der Waals surface area contributed by atoms with Gasteiger partial charge in [0, 0.05) is 33.8 Å². The highest BCUT2D eigenvalue weighted by Crippen LogP contribution is 2.10. The van der Waals surface area contributed by atoms with Crippen LogP contribution >= 0.6 is 0 Å². The van der Waals surface area contributed by atoms with Crippen molar-refractivity contribution in [1.29, 1.82) is 0 Å². The molecule has 7 nitrogen and oxygen atoms in total. The summed E-state index contributed by atoms with van der Waals surface area (Å²) < 4.78 is 44.8. The third-order valence-electron chi connectivity index (χ3n) is 4.11. The van der Waals surface area contributed by atoms with Crippen molar-refractivity contribution in [3.63, 3.8) is 0 Å². The monoisotopic (exact) mass is 422 g/mol. The molecule has 0 heterocycles. The first-order valence-corrected chi connectivity index (χ1v) is 10.7. The first kappa shape index (κ1) is 22.8. The Balaban J connectivity index is 1.81. The molecule has 9 heteroatoms. The summed E-state index contributed by atoms with van der Waals surface area (Å²) >= 11 is 0. The molecule has 0 saturated carbocycles. The summed E-state index contributed by atoms with van der Waals surface area (Å²) in [6, 6.07) is 13.1. The number of rotatable bonds is 10. The number of ether oxygens (including phenoxy) is 1. The average Bonchev–Trinajstić information content (AvgIpc) is 2.71. The summed E-state index contributed by atoms with van der Waals surface area (Å²) in [5, 5.41) is 6.34. The maximum Gasteiger partial charge on any atom is 0.240 e. The highest BCUT2D eigenvalue weighted by molar-refractivity contribution is 7.89. The number of nitrogens with zero attached hydrogens (tertiary/aromatic N) is 1. The van der Waals surface area contributed by atoms with Crippen molar-refractivity contribution < 1.29 is 17.5 Å². The summed E-state index contributed by atoms with van der Waals surface area (Å²) in [5.74, 6) is 0.365. The SMILES string of the molecule is CN=C(NCCc1cccc(F)c1)NCc1ccc(S(=O)(=O)NCCOC)cc1. The predicted molar refractivity (Wildman–Crippen MR) is 112 cm³/mol. The lowest BCUT2D eigenvalue weighted by Crippen LogP contribution is -2.37. The fourth-order valence-corrected chi connectivity index (χ4v) is 3.59. The van der Waals surface area contributed by atoms with E-state index in [9.17, 15) is 12.8 Å². The van der Waals surface area contributed by atoms with Gasteiger partial charge in [-0.1, -0.05) is 24.3 Å². The fraction of sp³-hybridized carbons (Fsp3) is 0.350. The average molecular weight is 423 g/mol. The van der Waals surface area contributed by atoms with E-state index in [0.29, 0.717) is 32.1 Å². The number of nitrogens with one attached hydrogen (secondary N) is 3. The summed E-state index contributed by atoms with van der Waals surface area (Å²) in [5.41, 5.74) is 1.82. The van der Waals surface area contributed by atoms with Gasteiger partial charge in [0.1, 0.15) is 5.82 Å². The normalized spacial score (nSPS) is 12.0. The molecule has 0 bridgehead atoms. The van der Waals surface area contributed by atoms with Gasteiger partial charge in [-0.15, -0.1) is 0 Å². The van der Waals surface area contributed by atoms with E-state index < -0.39 is 10.0 Å². The van der Waals surface area contributed by atoms with Gasteiger partial charge in [-0.05, 0) is 41.8 Å². The summed E-state index contributed by atoms with van der Waals surface area (Å²) in [6.45, 7) is 1.62. The Kier molecular flexibility index (Phi) is 9.04. The Labute approximate surface area is 171 Å². The van der Waals surface area contributed by atoms with Crippen molar-refractivity contribution in [2.24, 2.45) is 4.99 Å². The van der Waals surface area contributed by atoms with E-state index in [1.807, 2.05) is 6.07 Å². The van der Waals surface area contributed by atoms with E-state index in [1.54, 1.807) is 37.4 Å². The second kappa shape index (κ2) is 11.5. The molecular formula is C20H27FN4O3S. The van der Waals surface area contributed by atoms with E-state index in [2.05, 4.69) is 20.3 Å². The summed E-state index contributed by atoms with van der Waals surface area (Å²) in [6.07, 6.45) is 0.668. The maximum atomic E-state index is 13.2. The van der Waals surface area contributed by atoms with Crippen molar-refractivity contribution in [2.45, 2.75) is 17.9 Å². The van der Waals surface area contributed by atoms with E-state index in [4.69, 9.17) is 4.74 Å². The zero-order valence-corrected chi connectivity index (χ0v) is 17.4. The van der Waals surface area contributed by atoms with Gasteiger partial charge in [0.2, 0.25) is 10.0 Å². The van der Waals surface area contributed by atoms with Crippen LogP contribution < -0.4 is 15.4 Å². The molecule has 0 atom stereocenters. The lowest BCUT2D eigenvalue weighted by Gasteiger charge is -2.12. The number of hydrogen-bond acceptors (Lipinski definition) is 4. The van der Waals surface area contributed by atoms with Crippen molar-refractivity contribution in [2.75, 3.05) is 33.9 Å². The Morgan fingerprint density at radius 3 is 2.48 bits per heavy atom. The van der Waals surface area contributed by atoms with Gasteiger partial charge in [0.25, 0.3) is 0 Å². The van der Waals surface area contributed by atoms with Crippen LogP contribution in [0.5, 0.6) is 0 Å². The lowest BCUT2D eigenvalue weighted by molar-refractivity contribution is 0.204. The van der Waals surface area contributed by atoms with Gasteiger partial charge in [0.05, 0.1) is 11.5 Å². The number of methoxy groups -OCH3 is 1. The van der Waals surface area contributed by atoms with Crippen molar-refractivity contribution in [3.05, 3.63) is 65.5 Å². The fourth-order valence-electron chi connectivity index (χ4n) is 2.57. The molecule has 0 radical (unpaired) electrons. The van der Waals surface area contributed by atoms with Crippen molar-refractivity contribution in [1.82, 2.24) is 15.4 Å². The molecule has 0 aliphatic heterocycles. The first-order chi connectivity index (χ1) is 13.9. The minimum Gasteiger partial charge on any atom is -0.383 e. The minimum atomic E-state index is -3.54. The van der Waals surface area contributed by atoms with Crippen LogP contribution in [0.4, 0.5) is 4.39 Å². The number of sulfonamides is 1. The predicted octanol–water partition coefficient (Wildman–Crippen LogP) is 1.66. The molecule has 29 heavy (non-hydrogen) atoms.